The monoisotopic (exact) mass is 306 g/mol. The van der Waals surface area contributed by atoms with E-state index in [0.29, 0.717) is 0 Å². The van der Waals surface area contributed by atoms with Gasteiger partial charge in [0.25, 0.3) is 0 Å². The first kappa shape index (κ1) is 14.0. The summed E-state index contributed by atoms with van der Waals surface area (Å²) in [6, 6.07) is 0. The smallest absolute Gasteiger partial charge is 0.0844 e. The van der Waals surface area contributed by atoms with Crippen LogP contribution in [-0.4, -0.2) is 15.1 Å². The molecule has 0 aromatic carbocycles. The maximum Gasteiger partial charge on any atom is 0.0844 e. The molecule has 0 radical (unpaired) electrons. The normalized spacial score (nSPS) is 12.1. The maximum absolute atomic E-state index is 6.16. The summed E-state index contributed by atoms with van der Waals surface area (Å²) in [4.78, 5) is 0. The maximum atomic E-state index is 6.16. The molecule has 0 amide bonds. The second-order valence-electron chi connectivity index (χ2n) is 4.48. The Morgan fingerprint density at radius 2 is 1.88 bits per heavy atom. The van der Waals surface area contributed by atoms with E-state index in [1.54, 1.807) is 0 Å². The highest BCUT2D eigenvalue weighted by Gasteiger charge is 2.27. The average molecular weight is 308 g/mol. The third-order valence-corrected chi connectivity index (χ3v) is 5.30. The second kappa shape index (κ2) is 5.54. The number of hydrogen-bond donors (Lipinski definition) is 0. The number of hydrogen-bond acceptors (Lipinski definition) is 1. The highest BCUT2D eigenvalue weighted by molar-refractivity contribution is 9.09. The van der Waals surface area contributed by atoms with Crippen LogP contribution in [0.5, 0.6) is 0 Å². The Bertz CT molecular complexity index is 348. The molecule has 0 bridgehead atoms. The summed E-state index contributed by atoms with van der Waals surface area (Å²) < 4.78 is 2.05. The van der Waals surface area contributed by atoms with Crippen LogP contribution in [-0.2, 0) is 6.54 Å². The van der Waals surface area contributed by atoms with Gasteiger partial charge in [0.2, 0.25) is 0 Å². The molecule has 1 heterocycles. The van der Waals surface area contributed by atoms with Crippen molar-refractivity contribution < 1.29 is 0 Å². The summed E-state index contributed by atoms with van der Waals surface area (Å²) in [5.41, 5.74) is 2.29. The van der Waals surface area contributed by atoms with Crippen molar-refractivity contribution in [3.8, 4) is 0 Å². The number of rotatable bonds is 5. The van der Waals surface area contributed by atoms with Gasteiger partial charge >= 0.3 is 0 Å². The lowest BCUT2D eigenvalue weighted by atomic mass is 9.84. The van der Waals surface area contributed by atoms with Crippen molar-refractivity contribution in [2.24, 2.45) is 5.41 Å². The highest BCUT2D eigenvalue weighted by Crippen LogP contribution is 2.32. The molecule has 1 aromatic rings. The van der Waals surface area contributed by atoms with Gasteiger partial charge in [0.1, 0.15) is 0 Å². The van der Waals surface area contributed by atoms with Crippen molar-refractivity contribution in [1.29, 1.82) is 0 Å². The molecule has 1 aromatic heterocycles. The van der Waals surface area contributed by atoms with Crippen LogP contribution in [0, 0.1) is 19.3 Å². The van der Waals surface area contributed by atoms with Crippen LogP contribution in [0.4, 0.5) is 0 Å². The molecular formula is C12H20BrClN2. The van der Waals surface area contributed by atoms with Gasteiger partial charge in [-0.3, -0.25) is 4.68 Å². The van der Waals surface area contributed by atoms with Crippen molar-refractivity contribution in [2.45, 2.75) is 47.1 Å². The van der Waals surface area contributed by atoms with E-state index in [1.165, 1.54) is 0 Å². The van der Waals surface area contributed by atoms with Crippen molar-refractivity contribution in [3.63, 3.8) is 0 Å². The third-order valence-electron chi connectivity index (χ3n) is 3.56. The number of nitrogens with zero attached hydrogens (tertiary/aromatic N) is 2. The van der Waals surface area contributed by atoms with Gasteiger partial charge in [-0.2, -0.15) is 5.10 Å². The predicted octanol–water partition coefficient (Wildman–Crippen LogP) is 4.35. The predicted molar refractivity (Wildman–Crippen MR) is 73.5 cm³/mol. The van der Waals surface area contributed by atoms with Crippen LogP contribution in [0.15, 0.2) is 0 Å². The molecule has 92 valence electrons. The van der Waals surface area contributed by atoms with E-state index in [-0.39, 0.29) is 5.41 Å². The molecule has 16 heavy (non-hydrogen) atoms. The molecule has 0 atom stereocenters. The Kier molecular flexibility index (Phi) is 4.87. The van der Waals surface area contributed by atoms with Gasteiger partial charge in [-0.05, 0) is 32.1 Å². The van der Waals surface area contributed by atoms with E-state index < -0.39 is 0 Å². The molecule has 0 aliphatic rings. The molecule has 0 aliphatic heterocycles. The van der Waals surface area contributed by atoms with Gasteiger partial charge in [-0.25, -0.2) is 0 Å². The van der Waals surface area contributed by atoms with Crippen molar-refractivity contribution in [2.75, 3.05) is 5.33 Å². The van der Waals surface area contributed by atoms with Crippen LogP contribution < -0.4 is 0 Å². The van der Waals surface area contributed by atoms with Gasteiger partial charge in [0.05, 0.1) is 16.4 Å². The van der Waals surface area contributed by atoms with E-state index in [9.17, 15) is 0 Å². The van der Waals surface area contributed by atoms with Crippen LogP contribution >= 0.6 is 27.5 Å². The first-order valence-electron chi connectivity index (χ1n) is 5.75. The largest absolute Gasteiger partial charge is 0.267 e. The van der Waals surface area contributed by atoms with E-state index in [4.69, 9.17) is 11.6 Å². The topological polar surface area (TPSA) is 17.8 Å². The third kappa shape index (κ3) is 2.62. The van der Waals surface area contributed by atoms with Gasteiger partial charge in [0, 0.05) is 11.9 Å². The molecule has 0 N–H and O–H groups in total. The summed E-state index contributed by atoms with van der Waals surface area (Å²) in [5, 5.41) is 6.31. The fourth-order valence-electron chi connectivity index (χ4n) is 1.85. The standard InChI is InChI=1S/C12H20BrClN2/c1-5-12(6-2,7-13)8-16-10(4)11(14)9(3)15-16/h5-8H2,1-4H3. The summed E-state index contributed by atoms with van der Waals surface area (Å²) in [6.45, 7) is 9.40. The molecule has 4 heteroatoms. The molecule has 0 fully saturated rings. The lowest BCUT2D eigenvalue weighted by Crippen LogP contribution is -2.28. The summed E-state index contributed by atoms with van der Waals surface area (Å²) in [7, 11) is 0. The second-order valence-corrected chi connectivity index (χ2v) is 5.42. The number of aryl methyl sites for hydroxylation is 1. The fourth-order valence-corrected chi connectivity index (χ4v) is 2.96. The first-order chi connectivity index (χ1) is 7.49. The van der Waals surface area contributed by atoms with Crippen molar-refractivity contribution in [3.05, 3.63) is 16.4 Å². The number of aromatic nitrogens is 2. The van der Waals surface area contributed by atoms with Crippen LogP contribution in [0.1, 0.15) is 38.1 Å². The Morgan fingerprint density at radius 3 is 2.19 bits per heavy atom. The fraction of sp³-hybridized carbons (Fsp3) is 0.750. The SMILES string of the molecule is CCC(CC)(CBr)Cn1nc(C)c(Cl)c1C. The van der Waals surface area contributed by atoms with Crippen LogP contribution in [0.3, 0.4) is 0 Å². The van der Waals surface area contributed by atoms with Gasteiger partial charge in [-0.15, -0.1) is 0 Å². The molecule has 0 saturated carbocycles. The Balaban J connectivity index is 2.98. The molecule has 1 rings (SSSR count). The summed E-state index contributed by atoms with van der Waals surface area (Å²) in [6.07, 6.45) is 2.29. The molecule has 0 spiro atoms. The first-order valence-corrected chi connectivity index (χ1v) is 7.25. The zero-order valence-corrected chi connectivity index (χ0v) is 12.8. The molecule has 0 saturated heterocycles. The average Bonchev–Trinajstić information content (AvgIpc) is 2.54. The lowest BCUT2D eigenvalue weighted by molar-refractivity contribution is 0.245. The molecular weight excluding hydrogens is 288 g/mol. The van der Waals surface area contributed by atoms with Gasteiger partial charge in [-0.1, -0.05) is 41.4 Å². The highest BCUT2D eigenvalue weighted by atomic mass is 79.9. The Hall–Kier alpha value is -0.0200. The molecule has 0 aliphatic carbocycles. The minimum Gasteiger partial charge on any atom is -0.267 e. The van der Waals surface area contributed by atoms with E-state index in [2.05, 4.69) is 34.9 Å². The van der Waals surface area contributed by atoms with E-state index in [0.717, 1.165) is 41.1 Å². The van der Waals surface area contributed by atoms with Gasteiger partial charge < -0.3 is 0 Å². The number of alkyl halides is 1. The Labute approximate surface area is 111 Å². The Morgan fingerprint density at radius 1 is 1.31 bits per heavy atom. The van der Waals surface area contributed by atoms with E-state index in [1.807, 2.05) is 18.5 Å². The van der Waals surface area contributed by atoms with Crippen molar-refractivity contribution >= 4 is 27.5 Å². The summed E-state index contributed by atoms with van der Waals surface area (Å²) >= 11 is 9.79. The van der Waals surface area contributed by atoms with Crippen LogP contribution in [0.25, 0.3) is 0 Å². The minimum atomic E-state index is 0.284. The molecule has 2 nitrogen and oxygen atoms in total. The van der Waals surface area contributed by atoms with Crippen molar-refractivity contribution in [1.82, 2.24) is 9.78 Å². The molecule has 0 unspecified atom stereocenters. The zero-order chi connectivity index (χ0) is 12.3. The van der Waals surface area contributed by atoms with Gasteiger partial charge in [0.15, 0.2) is 0 Å². The quantitative estimate of drug-likeness (QED) is 0.739. The van der Waals surface area contributed by atoms with E-state index >= 15 is 0 Å². The number of halogens is 2. The van der Waals surface area contributed by atoms with Crippen LogP contribution in [0.2, 0.25) is 5.02 Å². The zero-order valence-electron chi connectivity index (χ0n) is 10.5. The summed E-state index contributed by atoms with van der Waals surface area (Å²) in [5.74, 6) is 0. The lowest BCUT2D eigenvalue weighted by Gasteiger charge is -2.29. The minimum absolute atomic E-state index is 0.284.